The number of hydrogen-bond acceptors (Lipinski definition) is 1. The van der Waals surface area contributed by atoms with Gasteiger partial charge in [-0.05, 0) is 130 Å². The van der Waals surface area contributed by atoms with Gasteiger partial charge in [-0.25, -0.2) is 0 Å². The summed E-state index contributed by atoms with van der Waals surface area (Å²) in [5.74, 6) is 1.64. The maximum absolute atomic E-state index is 4.58. The molecule has 1 N–H and O–H groups in total. The Morgan fingerprint density at radius 1 is 0.778 bits per heavy atom. The van der Waals surface area contributed by atoms with Gasteiger partial charge in [-0.3, -0.25) is 0 Å². The average Bonchev–Trinajstić information content (AvgIpc) is 3.54. The van der Waals surface area contributed by atoms with E-state index in [1.165, 1.54) is 88.7 Å². The number of rotatable bonds is 5. The van der Waals surface area contributed by atoms with Crippen LogP contribution in [0.25, 0.3) is 5.57 Å². The van der Waals surface area contributed by atoms with E-state index in [1.807, 2.05) is 27.7 Å². The summed E-state index contributed by atoms with van der Waals surface area (Å²) in [7, 11) is 0. The molecule has 3 unspecified atom stereocenters. The maximum Gasteiger partial charge on any atom is -0.00175 e. The zero-order chi connectivity index (χ0) is 35.1. The lowest BCUT2D eigenvalue weighted by Crippen LogP contribution is -2.22. The zero-order valence-corrected chi connectivity index (χ0v) is 32.2. The summed E-state index contributed by atoms with van der Waals surface area (Å²) in [6.45, 7) is 45.1. The van der Waals surface area contributed by atoms with Gasteiger partial charge < -0.3 is 5.32 Å². The minimum Gasteiger partial charge on any atom is -0.317 e. The van der Waals surface area contributed by atoms with Crippen molar-refractivity contribution in [3.05, 3.63) is 113 Å². The molecule has 3 aliphatic rings. The van der Waals surface area contributed by atoms with Crippen LogP contribution in [0.3, 0.4) is 0 Å². The van der Waals surface area contributed by atoms with E-state index in [4.69, 9.17) is 0 Å². The van der Waals surface area contributed by atoms with Crippen molar-refractivity contribution in [2.24, 2.45) is 17.8 Å². The molecule has 0 aliphatic heterocycles. The minimum atomic E-state index is 0.435. The largest absolute Gasteiger partial charge is 0.317 e. The van der Waals surface area contributed by atoms with Crippen LogP contribution in [0.1, 0.15) is 133 Å². The Balaban J connectivity index is 0. The Morgan fingerprint density at radius 3 is 1.73 bits per heavy atom. The highest BCUT2D eigenvalue weighted by Crippen LogP contribution is 2.49. The van der Waals surface area contributed by atoms with E-state index in [1.54, 1.807) is 5.57 Å². The van der Waals surface area contributed by atoms with Gasteiger partial charge in [-0.2, -0.15) is 0 Å². The van der Waals surface area contributed by atoms with E-state index in [0.717, 1.165) is 19.0 Å². The molecule has 3 aliphatic carbocycles. The average molecular weight is 616 g/mol. The summed E-state index contributed by atoms with van der Waals surface area (Å²) in [4.78, 5) is 0. The third kappa shape index (κ3) is 14.1. The van der Waals surface area contributed by atoms with E-state index in [2.05, 4.69) is 130 Å². The van der Waals surface area contributed by atoms with Gasteiger partial charge in [-0.1, -0.05) is 135 Å². The summed E-state index contributed by atoms with van der Waals surface area (Å²) in [5, 5.41) is 3.55. The Morgan fingerprint density at radius 2 is 1.27 bits per heavy atom. The van der Waals surface area contributed by atoms with Crippen molar-refractivity contribution in [1.29, 1.82) is 0 Å². The third-order valence-electron chi connectivity index (χ3n) is 8.68. The summed E-state index contributed by atoms with van der Waals surface area (Å²) in [6, 6.07) is 8.86. The van der Waals surface area contributed by atoms with Gasteiger partial charge in [0.05, 0.1) is 0 Å². The maximum atomic E-state index is 4.58. The first-order chi connectivity index (χ1) is 21.6. The van der Waals surface area contributed by atoms with Gasteiger partial charge in [0.15, 0.2) is 0 Å². The first-order valence-electron chi connectivity index (χ1n) is 18.0. The molecule has 1 nitrogen and oxygen atoms in total. The fraction of sp³-hybridized carbons (Fsp3) is 0.545. The third-order valence-corrected chi connectivity index (χ3v) is 8.68. The molecule has 0 spiro atoms. The van der Waals surface area contributed by atoms with Crippen molar-refractivity contribution in [2.45, 2.75) is 129 Å². The molecule has 4 rings (SSSR count). The predicted molar refractivity (Wildman–Crippen MR) is 210 cm³/mol. The SMILES string of the molecule is C=C.C=C1C(C)=C(/C(=C2/CCC(CNCC)C2)c2ccccc2C)C(=C)C(C)C1C.CC.CC.CC1=CC=C(C)CC1.CCC. The molecule has 0 radical (unpaired) electrons. The van der Waals surface area contributed by atoms with Crippen LogP contribution in [-0.4, -0.2) is 13.1 Å². The quantitative estimate of drug-likeness (QED) is 0.325. The smallest absolute Gasteiger partial charge is 0.00175 e. The topological polar surface area (TPSA) is 12.0 Å². The number of allylic oxidation sites excluding steroid dienone is 10. The van der Waals surface area contributed by atoms with Gasteiger partial charge >= 0.3 is 0 Å². The minimum absolute atomic E-state index is 0.435. The molecule has 0 aromatic heterocycles. The lowest BCUT2D eigenvalue weighted by atomic mass is 9.69. The van der Waals surface area contributed by atoms with E-state index in [-0.39, 0.29) is 0 Å². The van der Waals surface area contributed by atoms with Crippen LogP contribution in [0.2, 0.25) is 0 Å². The van der Waals surface area contributed by atoms with E-state index >= 15 is 0 Å². The standard InChI is InChI=1S/C27H37N.C8H12.C3H8.2C2H6.C2H4/c1-8-28-16-23-13-14-24(15-23)27(25-12-10-9-11-17(25)2)26-21(6)19(4)18(3)20(5)22(26)7;1-7-3-5-8(2)6-4-7;1-3-2;3*1-2/h9-12,18,20,23,28H,4,7-8,13-16H2,1-3,5-6H3;3,5H,4,6H2,1-2H3;3H2,1-2H3;2*1-2H3;1-2H2/b27-24-;;;;;. The van der Waals surface area contributed by atoms with Crippen LogP contribution in [0.5, 0.6) is 0 Å². The van der Waals surface area contributed by atoms with Gasteiger partial charge in [0.25, 0.3) is 0 Å². The normalized spacial score (nSPS) is 21.4. The molecule has 0 saturated heterocycles. The monoisotopic (exact) mass is 616 g/mol. The van der Waals surface area contributed by atoms with Crippen molar-refractivity contribution in [2.75, 3.05) is 13.1 Å². The highest BCUT2D eigenvalue weighted by molar-refractivity contribution is 5.89. The van der Waals surface area contributed by atoms with E-state index in [0.29, 0.717) is 11.8 Å². The van der Waals surface area contributed by atoms with Crippen molar-refractivity contribution in [3.8, 4) is 0 Å². The second-order valence-electron chi connectivity index (χ2n) is 12.1. The highest BCUT2D eigenvalue weighted by atomic mass is 14.8. The second kappa shape index (κ2) is 25.5. The zero-order valence-electron chi connectivity index (χ0n) is 32.2. The Bertz CT molecular complexity index is 1120. The molecule has 45 heavy (non-hydrogen) atoms. The van der Waals surface area contributed by atoms with Gasteiger partial charge in [0.1, 0.15) is 0 Å². The second-order valence-corrected chi connectivity index (χ2v) is 12.1. The van der Waals surface area contributed by atoms with Crippen molar-refractivity contribution in [1.82, 2.24) is 5.32 Å². The molecule has 0 bridgehead atoms. The fourth-order valence-corrected chi connectivity index (χ4v) is 5.80. The molecule has 1 heteroatoms. The van der Waals surface area contributed by atoms with Crippen LogP contribution in [-0.2, 0) is 0 Å². The fourth-order valence-electron chi connectivity index (χ4n) is 5.80. The van der Waals surface area contributed by atoms with Crippen LogP contribution in [0.4, 0.5) is 0 Å². The van der Waals surface area contributed by atoms with Crippen LogP contribution >= 0.6 is 0 Å². The lowest BCUT2D eigenvalue weighted by Gasteiger charge is -2.35. The molecule has 254 valence electrons. The van der Waals surface area contributed by atoms with Crippen LogP contribution in [0, 0.1) is 24.7 Å². The number of aryl methyl sites for hydroxylation is 1. The van der Waals surface area contributed by atoms with Gasteiger partial charge in [0, 0.05) is 0 Å². The van der Waals surface area contributed by atoms with Crippen LogP contribution < -0.4 is 5.32 Å². The van der Waals surface area contributed by atoms with Crippen molar-refractivity contribution in [3.63, 3.8) is 0 Å². The van der Waals surface area contributed by atoms with E-state index in [9.17, 15) is 0 Å². The molecule has 3 atom stereocenters. The van der Waals surface area contributed by atoms with Gasteiger partial charge in [0.2, 0.25) is 0 Å². The summed E-state index contributed by atoms with van der Waals surface area (Å²) in [5.41, 5.74) is 14.1. The molecule has 0 heterocycles. The molecule has 1 saturated carbocycles. The Hall–Kier alpha value is -2.64. The predicted octanol–water partition coefficient (Wildman–Crippen LogP) is 13.8. The summed E-state index contributed by atoms with van der Waals surface area (Å²) in [6.07, 6.45) is 11.9. The number of benzene rings is 1. The lowest BCUT2D eigenvalue weighted by molar-refractivity contribution is 0.502. The summed E-state index contributed by atoms with van der Waals surface area (Å²) >= 11 is 0. The van der Waals surface area contributed by atoms with Gasteiger partial charge in [-0.15, -0.1) is 13.2 Å². The highest BCUT2D eigenvalue weighted by Gasteiger charge is 2.33. The molecule has 0 amide bonds. The number of nitrogens with one attached hydrogen (secondary N) is 1. The van der Waals surface area contributed by atoms with Crippen molar-refractivity contribution < 1.29 is 0 Å². The molecule has 1 fully saturated rings. The molecular weight excluding hydrogens is 542 g/mol. The summed E-state index contributed by atoms with van der Waals surface area (Å²) < 4.78 is 0. The molecule has 1 aromatic carbocycles. The molecule has 1 aromatic rings. The first-order valence-corrected chi connectivity index (χ1v) is 18.0. The number of hydrogen-bond donors (Lipinski definition) is 1. The Kier molecular flexibility index (Phi) is 25.2. The first kappa shape index (κ1) is 44.5. The van der Waals surface area contributed by atoms with E-state index < -0.39 is 0 Å². The van der Waals surface area contributed by atoms with Crippen LogP contribution in [0.15, 0.2) is 102 Å². The molecular formula is C44H73N. The van der Waals surface area contributed by atoms with Crippen molar-refractivity contribution >= 4 is 5.57 Å². The Labute approximate surface area is 282 Å².